The normalized spacial score (nSPS) is 11.7. The van der Waals surface area contributed by atoms with E-state index >= 15 is 0 Å². The maximum atomic E-state index is 9.05. The van der Waals surface area contributed by atoms with Gasteiger partial charge in [0.15, 0.2) is 0 Å². The third kappa shape index (κ3) is 2.90. The Morgan fingerprint density at radius 2 is 2.07 bits per heavy atom. The molecule has 0 aliphatic heterocycles. The first-order valence-corrected chi connectivity index (χ1v) is 4.84. The lowest BCUT2D eigenvalue weighted by Crippen LogP contribution is -1.96. The highest BCUT2D eigenvalue weighted by molar-refractivity contribution is 5.44. The molecule has 1 heteroatoms. The molecule has 0 aliphatic rings. The predicted molar refractivity (Wildman–Crippen MR) is 59.1 cm³/mol. The van der Waals surface area contributed by atoms with Crippen LogP contribution >= 0.6 is 0 Å². The maximum Gasteiger partial charge on any atom is 0.0621 e. The number of rotatable bonds is 1. The summed E-state index contributed by atoms with van der Waals surface area (Å²) in [5.41, 5.74) is 3.55. The molecule has 1 nitrogen and oxygen atoms in total. The Balaban J connectivity index is 2.85. The van der Waals surface area contributed by atoms with Crippen LogP contribution in [0.2, 0.25) is 0 Å². The van der Waals surface area contributed by atoms with E-state index in [4.69, 9.17) is 5.11 Å². The summed E-state index contributed by atoms with van der Waals surface area (Å²) in [4.78, 5) is 0. The molecule has 1 aromatic rings. The van der Waals surface area contributed by atoms with Crippen LogP contribution in [0.4, 0.5) is 0 Å². The van der Waals surface area contributed by atoms with Crippen molar-refractivity contribution in [3.63, 3.8) is 0 Å². The van der Waals surface area contributed by atoms with Gasteiger partial charge in [-0.2, -0.15) is 0 Å². The van der Waals surface area contributed by atoms with Gasteiger partial charge in [-0.3, -0.25) is 0 Å². The van der Waals surface area contributed by atoms with E-state index in [2.05, 4.69) is 31.8 Å². The first kappa shape index (κ1) is 10.8. The number of aliphatic hydroxyl groups is 1. The van der Waals surface area contributed by atoms with Gasteiger partial charge in [-0.25, -0.2) is 0 Å². The van der Waals surface area contributed by atoms with Crippen LogP contribution in [0.15, 0.2) is 18.2 Å². The average Bonchev–Trinajstić information content (AvgIpc) is 2.12. The Labute approximate surface area is 85.8 Å². The van der Waals surface area contributed by atoms with Crippen molar-refractivity contribution in [3.05, 3.63) is 34.9 Å². The number of hydrogen-bond acceptors (Lipinski definition) is 1. The number of hydrogen-bond donors (Lipinski definition) is 1. The zero-order valence-corrected chi connectivity index (χ0v) is 8.96. The zero-order chi connectivity index (χ0) is 10.6. The second-order valence-corrected chi connectivity index (χ2v) is 3.60. The third-order valence-corrected chi connectivity index (χ3v) is 2.23. The fraction of sp³-hybridized carbons (Fsp3) is 0.385. The summed E-state index contributed by atoms with van der Waals surface area (Å²) in [6.45, 7) is 5.90. The van der Waals surface area contributed by atoms with Crippen LogP contribution in [-0.2, 0) is 0 Å². The van der Waals surface area contributed by atoms with Crippen molar-refractivity contribution < 1.29 is 5.11 Å². The minimum absolute atomic E-state index is 0.340. The summed E-state index contributed by atoms with van der Waals surface area (Å²) in [5, 5.41) is 9.05. The van der Waals surface area contributed by atoms with Crippen molar-refractivity contribution in [1.82, 2.24) is 0 Å². The molecule has 0 spiro atoms. The highest BCUT2D eigenvalue weighted by Gasteiger charge is 1.96. The standard InChI is InChI=1S/C13H16O/c1-10-6-4-8-13(12(10)3)9-5-7-11(2)14/h4,6,8,11,14H,7H2,1-3H3. The van der Waals surface area contributed by atoms with Gasteiger partial charge in [-0.15, -0.1) is 0 Å². The molecule has 0 heterocycles. The molecule has 0 radical (unpaired) electrons. The molecule has 0 aromatic heterocycles. The van der Waals surface area contributed by atoms with Crippen LogP contribution in [0.1, 0.15) is 30.0 Å². The van der Waals surface area contributed by atoms with E-state index in [1.165, 1.54) is 11.1 Å². The van der Waals surface area contributed by atoms with Crippen LogP contribution in [0.25, 0.3) is 0 Å². The molecule has 0 saturated heterocycles. The predicted octanol–water partition coefficient (Wildman–Crippen LogP) is 2.43. The van der Waals surface area contributed by atoms with Gasteiger partial charge in [0.1, 0.15) is 0 Å². The van der Waals surface area contributed by atoms with Gasteiger partial charge in [-0.1, -0.05) is 24.0 Å². The smallest absolute Gasteiger partial charge is 0.0621 e. The molecular formula is C13H16O. The van der Waals surface area contributed by atoms with E-state index in [9.17, 15) is 0 Å². The molecule has 1 aromatic carbocycles. The summed E-state index contributed by atoms with van der Waals surface area (Å²) in [6, 6.07) is 6.10. The van der Waals surface area contributed by atoms with Crippen LogP contribution in [0.3, 0.4) is 0 Å². The van der Waals surface area contributed by atoms with Gasteiger partial charge >= 0.3 is 0 Å². The first-order valence-electron chi connectivity index (χ1n) is 4.84. The molecule has 0 saturated carbocycles. The molecule has 0 bridgehead atoms. The first-order chi connectivity index (χ1) is 6.61. The second kappa shape index (κ2) is 4.83. The lowest BCUT2D eigenvalue weighted by Gasteiger charge is -2.01. The van der Waals surface area contributed by atoms with Gasteiger partial charge < -0.3 is 5.11 Å². The SMILES string of the molecule is Cc1cccc(C#CCC(C)O)c1C. The van der Waals surface area contributed by atoms with Crippen LogP contribution in [0, 0.1) is 25.7 Å². The highest BCUT2D eigenvalue weighted by Crippen LogP contribution is 2.11. The van der Waals surface area contributed by atoms with E-state index in [0.29, 0.717) is 6.42 Å². The van der Waals surface area contributed by atoms with E-state index in [0.717, 1.165) is 5.56 Å². The van der Waals surface area contributed by atoms with Gasteiger partial charge in [0, 0.05) is 12.0 Å². The van der Waals surface area contributed by atoms with Crippen molar-refractivity contribution in [1.29, 1.82) is 0 Å². The largest absolute Gasteiger partial charge is 0.392 e. The van der Waals surface area contributed by atoms with Crippen molar-refractivity contribution in [2.24, 2.45) is 0 Å². The Morgan fingerprint density at radius 1 is 1.36 bits per heavy atom. The van der Waals surface area contributed by atoms with E-state index in [-0.39, 0.29) is 6.10 Å². The Hall–Kier alpha value is -1.26. The fourth-order valence-corrected chi connectivity index (χ4v) is 1.18. The minimum Gasteiger partial charge on any atom is -0.392 e. The van der Waals surface area contributed by atoms with Gasteiger partial charge in [0.25, 0.3) is 0 Å². The molecular weight excluding hydrogens is 172 g/mol. The molecule has 1 unspecified atom stereocenters. The van der Waals surface area contributed by atoms with Crippen molar-refractivity contribution in [2.45, 2.75) is 33.3 Å². The fourth-order valence-electron chi connectivity index (χ4n) is 1.18. The molecule has 0 aliphatic carbocycles. The van der Waals surface area contributed by atoms with E-state index < -0.39 is 0 Å². The minimum atomic E-state index is -0.340. The van der Waals surface area contributed by atoms with Crippen molar-refractivity contribution >= 4 is 0 Å². The average molecular weight is 188 g/mol. The summed E-state index contributed by atoms with van der Waals surface area (Å²) >= 11 is 0. The summed E-state index contributed by atoms with van der Waals surface area (Å²) < 4.78 is 0. The quantitative estimate of drug-likeness (QED) is 0.671. The van der Waals surface area contributed by atoms with Crippen LogP contribution in [-0.4, -0.2) is 11.2 Å². The molecule has 1 atom stereocenters. The van der Waals surface area contributed by atoms with Crippen molar-refractivity contribution in [2.75, 3.05) is 0 Å². The van der Waals surface area contributed by atoms with Gasteiger partial charge in [-0.05, 0) is 38.0 Å². The van der Waals surface area contributed by atoms with Crippen molar-refractivity contribution in [3.8, 4) is 11.8 Å². The maximum absolute atomic E-state index is 9.05. The molecule has 14 heavy (non-hydrogen) atoms. The topological polar surface area (TPSA) is 20.2 Å². The Morgan fingerprint density at radius 3 is 2.71 bits per heavy atom. The summed E-state index contributed by atoms with van der Waals surface area (Å²) in [5.74, 6) is 6.04. The molecule has 1 N–H and O–H groups in total. The highest BCUT2D eigenvalue weighted by atomic mass is 16.3. The number of aryl methyl sites for hydroxylation is 1. The van der Waals surface area contributed by atoms with Crippen LogP contribution < -0.4 is 0 Å². The molecule has 1 rings (SSSR count). The molecule has 0 fully saturated rings. The van der Waals surface area contributed by atoms with Gasteiger partial charge in [0.2, 0.25) is 0 Å². The van der Waals surface area contributed by atoms with E-state index in [1.807, 2.05) is 12.1 Å². The second-order valence-electron chi connectivity index (χ2n) is 3.60. The Bertz CT molecular complexity index is 367. The van der Waals surface area contributed by atoms with Gasteiger partial charge in [0.05, 0.1) is 6.10 Å². The monoisotopic (exact) mass is 188 g/mol. The lowest BCUT2D eigenvalue weighted by molar-refractivity contribution is 0.201. The number of aliphatic hydroxyl groups excluding tert-OH is 1. The summed E-state index contributed by atoms with van der Waals surface area (Å²) in [6.07, 6.45) is 0.195. The van der Waals surface area contributed by atoms with Crippen LogP contribution in [0.5, 0.6) is 0 Å². The molecule has 0 amide bonds. The molecule has 74 valence electrons. The zero-order valence-electron chi connectivity index (χ0n) is 8.96. The third-order valence-electron chi connectivity index (χ3n) is 2.23. The Kier molecular flexibility index (Phi) is 3.73. The number of benzene rings is 1. The lowest BCUT2D eigenvalue weighted by atomic mass is 10.0. The summed E-state index contributed by atoms with van der Waals surface area (Å²) in [7, 11) is 0. The van der Waals surface area contributed by atoms with E-state index in [1.54, 1.807) is 6.92 Å².